The number of piperidine rings is 1. The molecule has 5 nitrogen and oxygen atoms in total. The Bertz CT molecular complexity index is 589. The summed E-state index contributed by atoms with van der Waals surface area (Å²) in [6.45, 7) is 8.06. The summed E-state index contributed by atoms with van der Waals surface area (Å²) in [4.78, 5) is 9.30. The van der Waals surface area contributed by atoms with Gasteiger partial charge in [-0.1, -0.05) is 24.3 Å². The second-order valence-corrected chi connectivity index (χ2v) is 7.36. The second-order valence-electron chi connectivity index (χ2n) is 7.36. The van der Waals surface area contributed by atoms with Crippen LogP contribution in [-0.2, 0) is 4.74 Å². The fourth-order valence-electron chi connectivity index (χ4n) is 3.99. The van der Waals surface area contributed by atoms with Gasteiger partial charge in [-0.05, 0) is 50.4 Å². The molecular weight excluding hydrogens is 312 g/mol. The van der Waals surface area contributed by atoms with Crippen molar-refractivity contribution in [2.75, 3.05) is 53.4 Å². The van der Waals surface area contributed by atoms with Gasteiger partial charge in [-0.2, -0.15) is 0 Å². The van der Waals surface area contributed by atoms with Crippen LogP contribution in [0.3, 0.4) is 0 Å². The normalized spacial score (nSPS) is 25.9. The van der Waals surface area contributed by atoms with E-state index in [-0.39, 0.29) is 6.10 Å². The van der Waals surface area contributed by atoms with Crippen LogP contribution in [0.5, 0.6) is 0 Å². The lowest BCUT2D eigenvalue weighted by atomic mass is 9.98. The predicted octanol–water partition coefficient (Wildman–Crippen LogP) is 2.29. The van der Waals surface area contributed by atoms with Gasteiger partial charge in [0.1, 0.15) is 6.10 Å². The number of nitrogens with one attached hydrogen (secondary N) is 1. The van der Waals surface area contributed by atoms with E-state index in [1.807, 2.05) is 7.05 Å². The summed E-state index contributed by atoms with van der Waals surface area (Å²) in [6.07, 6.45) is 2.73. The van der Waals surface area contributed by atoms with Crippen molar-refractivity contribution >= 4 is 5.96 Å². The second kappa shape index (κ2) is 8.68. The summed E-state index contributed by atoms with van der Waals surface area (Å²) in [5.74, 6) is 1.72. The van der Waals surface area contributed by atoms with Crippen molar-refractivity contribution in [3.63, 3.8) is 0 Å². The molecule has 2 unspecified atom stereocenters. The summed E-state index contributed by atoms with van der Waals surface area (Å²) < 4.78 is 6.05. The Morgan fingerprint density at radius 2 is 2.12 bits per heavy atom. The van der Waals surface area contributed by atoms with E-state index in [0.29, 0.717) is 5.92 Å². The summed E-state index contributed by atoms with van der Waals surface area (Å²) in [5, 5.41) is 3.61. The molecule has 2 atom stereocenters. The van der Waals surface area contributed by atoms with Crippen molar-refractivity contribution in [3.8, 4) is 0 Å². The molecule has 3 rings (SSSR count). The van der Waals surface area contributed by atoms with Crippen LogP contribution in [0, 0.1) is 12.8 Å². The smallest absolute Gasteiger partial charge is 0.193 e. The molecule has 0 amide bonds. The molecular formula is C20H32N4O. The molecule has 0 spiro atoms. The Hall–Kier alpha value is -1.59. The molecule has 5 heteroatoms. The molecule has 0 radical (unpaired) electrons. The van der Waals surface area contributed by atoms with Crippen LogP contribution < -0.4 is 5.32 Å². The quantitative estimate of drug-likeness (QED) is 0.675. The van der Waals surface area contributed by atoms with Crippen molar-refractivity contribution in [2.24, 2.45) is 10.9 Å². The molecule has 1 aromatic carbocycles. The number of ether oxygens (including phenoxy) is 1. The number of aryl methyl sites for hydroxylation is 1. The Balaban J connectivity index is 1.58. The number of rotatable bonds is 3. The third-order valence-electron chi connectivity index (χ3n) is 5.38. The lowest BCUT2D eigenvalue weighted by molar-refractivity contribution is -0.00841. The number of aliphatic imine (C=N–C) groups is 1. The minimum Gasteiger partial charge on any atom is -0.370 e. The zero-order valence-corrected chi connectivity index (χ0v) is 15.9. The van der Waals surface area contributed by atoms with E-state index in [4.69, 9.17) is 4.74 Å². The Labute approximate surface area is 152 Å². The fraction of sp³-hybridized carbons (Fsp3) is 0.650. The topological polar surface area (TPSA) is 40.1 Å². The van der Waals surface area contributed by atoms with E-state index in [1.54, 1.807) is 0 Å². The van der Waals surface area contributed by atoms with Crippen molar-refractivity contribution < 1.29 is 4.74 Å². The molecule has 0 saturated carbocycles. The first kappa shape index (κ1) is 18.2. The number of benzene rings is 1. The average Bonchev–Trinajstić information content (AvgIpc) is 2.63. The first-order chi connectivity index (χ1) is 12.2. The van der Waals surface area contributed by atoms with Crippen molar-refractivity contribution in [2.45, 2.75) is 25.9 Å². The molecule has 2 aliphatic heterocycles. The SMILES string of the molecule is CN=C(NCC1CCCN(C)C1)N1CCOC(c2ccccc2C)C1. The highest BCUT2D eigenvalue weighted by Gasteiger charge is 2.26. The van der Waals surface area contributed by atoms with Crippen molar-refractivity contribution in [3.05, 3.63) is 35.4 Å². The van der Waals surface area contributed by atoms with Gasteiger partial charge in [0, 0.05) is 26.7 Å². The molecule has 25 heavy (non-hydrogen) atoms. The van der Waals surface area contributed by atoms with Crippen LogP contribution >= 0.6 is 0 Å². The molecule has 2 heterocycles. The minimum absolute atomic E-state index is 0.120. The summed E-state index contributed by atoms with van der Waals surface area (Å²) in [6, 6.07) is 8.51. The van der Waals surface area contributed by atoms with Gasteiger partial charge in [0.25, 0.3) is 0 Å². The van der Waals surface area contributed by atoms with E-state index < -0.39 is 0 Å². The molecule has 1 aromatic rings. The van der Waals surface area contributed by atoms with Gasteiger partial charge in [0.05, 0.1) is 13.2 Å². The zero-order chi connectivity index (χ0) is 17.6. The zero-order valence-electron chi connectivity index (χ0n) is 15.9. The number of guanidine groups is 1. The van der Waals surface area contributed by atoms with Gasteiger partial charge in [-0.25, -0.2) is 0 Å². The highest BCUT2D eigenvalue weighted by Crippen LogP contribution is 2.25. The van der Waals surface area contributed by atoms with Gasteiger partial charge >= 0.3 is 0 Å². The van der Waals surface area contributed by atoms with Crippen LogP contribution in [0.4, 0.5) is 0 Å². The van der Waals surface area contributed by atoms with Gasteiger partial charge < -0.3 is 19.9 Å². The molecule has 2 aliphatic rings. The Morgan fingerprint density at radius 1 is 1.28 bits per heavy atom. The highest BCUT2D eigenvalue weighted by atomic mass is 16.5. The van der Waals surface area contributed by atoms with Gasteiger partial charge in [-0.15, -0.1) is 0 Å². The maximum absolute atomic E-state index is 6.05. The first-order valence-electron chi connectivity index (χ1n) is 9.48. The molecule has 0 aromatic heterocycles. The number of likely N-dealkylation sites (tertiary alicyclic amines) is 1. The minimum atomic E-state index is 0.120. The predicted molar refractivity (Wildman–Crippen MR) is 103 cm³/mol. The number of nitrogens with zero attached hydrogens (tertiary/aromatic N) is 3. The van der Waals surface area contributed by atoms with Crippen molar-refractivity contribution in [1.29, 1.82) is 0 Å². The van der Waals surface area contributed by atoms with Gasteiger partial charge in [0.15, 0.2) is 5.96 Å². The molecule has 1 N–H and O–H groups in total. The van der Waals surface area contributed by atoms with E-state index in [1.165, 1.54) is 37.1 Å². The van der Waals surface area contributed by atoms with Gasteiger partial charge in [0.2, 0.25) is 0 Å². The number of hydrogen-bond donors (Lipinski definition) is 1. The lowest BCUT2D eigenvalue weighted by Gasteiger charge is -2.37. The maximum atomic E-state index is 6.05. The largest absolute Gasteiger partial charge is 0.370 e. The monoisotopic (exact) mass is 344 g/mol. The fourth-order valence-corrected chi connectivity index (χ4v) is 3.99. The third-order valence-corrected chi connectivity index (χ3v) is 5.38. The van der Waals surface area contributed by atoms with E-state index >= 15 is 0 Å². The number of morpholine rings is 1. The first-order valence-corrected chi connectivity index (χ1v) is 9.48. The summed E-state index contributed by atoms with van der Waals surface area (Å²) in [5.41, 5.74) is 2.58. The van der Waals surface area contributed by atoms with Gasteiger partial charge in [-0.3, -0.25) is 4.99 Å². The van der Waals surface area contributed by atoms with Crippen LogP contribution in [0.1, 0.15) is 30.1 Å². The standard InChI is InChI=1S/C20H32N4O/c1-16-7-4-5-9-18(16)19-15-24(11-12-25-19)20(21-2)22-13-17-8-6-10-23(3)14-17/h4-5,7,9,17,19H,6,8,10-15H2,1-3H3,(H,21,22). The van der Waals surface area contributed by atoms with E-state index in [9.17, 15) is 0 Å². The molecule has 2 fully saturated rings. The maximum Gasteiger partial charge on any atom is 0.193 e. The van der Waals surface area contributed by atoms with Crippen LogP contribution in [-0.4, -0.2) is 69.2 Å². The molecule has 0 aliphatic carbocycles. The summed E-state index contributed by atoms with van der Waals surface area (Å²) in [7, 11) is 4.10. The molecule has 0 bridgehead atoms. The van der Waals surface area contributed by atoms with Crippen LogP contribution in [0.15, 0.2) is 29.3 Å². The highest BCUT2D eigenvalue weighted by molar-refractivity contribution is 5.80. The molecule has 2 saturated heterocycles. The number of hydrogen-bond acceptors (Lipinski definition) is 3. The lowest BCUT2D eigenvalue weighted by Crippen LogP contribution is -2.50. The van der Waals surface area contributed by atoms with Crippen molar-refractivity contribution in [1.82, 2.24) is 15.1 Å². The Morgan fingerprint density at radius 3 is 2.88 bits per heavy atom. The summed E-state index contributed by atoms with van der Waals surface area (Å²) >= 11 is 0. The van der Waals surface area contributed by atoms with Crippen LogP contribution in [0.25, 0.3) is 0 Å². The Kier molecular flexibility index (Phi) is 6.32. The average molecular weight is 345 g/mol. The van der Waals surface area contributed by atoms with Crippen LogP contribution in [0.2, 0.25) is 0 Å². The molecule has 138 valence electrons. The van der Waals surface area contributed by atoms with E-state index in [0.717, 1.165) is 32.2 Å². The third kappa shape index (κ3) is 4.73. The van der Waals surface area contributed by atoms with E-state index in [2.05, 4.69) is 58.3 Å².